The van der Waals surface area contributed by atoms with Gasteiger partial charge in [0.25, 0.3) is 5.91 Å². The number of hydrogen-bond acceptors (Lipinski definition) is 7. The minimum Gasteiger partial charge on any atom is -0.489 e. The van der Waals surface area contributed by atoms with E-state index in [1.807, 2.05) is 13.8 Å². The molecule has 1 aliphatic heterocycles. The second kappa shape index (κ2) is 8.45. The first kappa shape index (κ1) is 22.1. The number of nitrogens with zero attached hydrogens (tertiary/aromatic N) is 5. The first-order valence-corrected chi connectivity index (χ1v) is 10.0. The third-order valence-corrected chi connectivity index (χ3v) is 4.76. The Kier molecular flexibility index (Phi) is 5.66. The summed E-state index contributed by atoms with van der Waals surface area (Å²) in [5.74, 6) is -0.491. The van der Waals surface area contributed by atoms with E-state index in [4.69, 9.17) is 10.5 Å². The number of amides is 1. The van der Waals surface area contributed by atoms with Crippen molar-refractivity contribution in [3.8, 4) is 11.5 Å². The number of halogens is 3. The number of anilines is 2. The highest BCUT2D eigenvalue weighted by atomic mass is 19.4. The molecule has 1 aliphatic rings. The monoisotopic (exact) mass is 460 g/mol. The van der Waals surface area contributed by atoms with E-state index >= 15 is 0 Å². The zero-order valence-electron chi connectivity index (χ0n) is 17.6. The maximum absolute atomic E-state index is 13.2. The molecule has 0 saturated carbocycles. The number of pyridine rings is 1. The molecule has 0 aliphatic carbocycles. The lowest BCUT2D eigenvalue weighted by Gasteiger charge is -2.29. The van der Waals surface area contributed by atoms with Crippen molar-refractivity contribution in [3.63, 3.8) is 0 Å². The molecule has 12 heteroatoms. The van der Waals surface area contributed by atoms with E-state index in [-0.39, 0.29) is 30.4 Å². The molecule has 3 aromatic heterocycles. The van der Waals surface area contributed by atoms with Crippen LogP contribution in [0.1, 0.15) is 24.3 Å². The highest BCUT2D eigenvalue weighted by molar-refractivity contribution is 6.07. The number of ether oxygens (including phenoxy) is 2. The number of carbonyl (C=O) groups excluding carboxylic acids is 1. The number of carbonyl (C=O) groups is 1. The largest absolute Gasteiger partial charge is 0.573 e. The van der Waals surface area contributed by atoms with Crippen LogP contribution in [0.5, 0.6) is 11.5 Å². The van der Waals surface area contributed by atoms with Gasteiger partial charge in [0.2, 0.25) is 0 Å². The highest BCUT2D eigenvalue weighted by Gasteiger charge is 2.32. The van der Waals surface area contributed by atoms with E-state index in [9.17, 15) is 18.0 Å². The van der Waals surface area contributed by atoms with Crippen LogP contribution in [0.15, 0.2) is 43.0 Å². The van der Waals surface area contributed by atoms with Gasteiger partial charge in [0.15, 0.2) is 0 Å². The van der Waals surface area contributed by atoms with E-state index in [1.54, 1.807) is 23.0 Å². The number of rotatable bonds is 2. The molecule has 0 unspecified atom stereocenters. The topological polar surface area (TPSA) is 108 Å². The lowest BCUT2D eigenvalue weighted by molar-refractivity contribution is -0.274. The van der Waals surface area contributed by atoms with Crippen LogP contribution in [0.2, 0.25) is 0 Å². The average Bonchev–Trinajstić information content (AvgIpc) is 3.29. The van der Waals surface area contributed by atoms with Crippen molar-refractivity contribution < 1.29 is 27.4 Å². The fourth-order valence-corrected chi connectivity index (χ4v) is 3.44. The molecule has 0 radical (unpaired) electrons. The number of nitrogens with two attached hydrogens (primary N) is 1. The van der Waals surface area contributed by atoms with Crippen molar-refractivity contribution in [2.75, 3.05) is 23.8 Å². The van der Waals surface area contributed by atoms with Gasteiger partial charge in [0.1, 0.15) is 40.7 Å². The molecule has 9 nitrogen and oxygen atoms in total. The van der Waals surface area contributed by atoms with Crippen LogP contribution in [0.4, 0.5) is 24.7 Å². The van der Waals surface area contributed by atoms with Crippen LogP contribution in [-0.4, -0.2) is 44.8 Å². The molecule has 1 amide bonds. The molecule has 4 heterocycles. The lowest BCUT2D eigenvalue weighted by Crippen LogP contribution is -2.38. The molecule has 0 atom stereocenters. The first-order valence-electron chi connectivity index (χ1n) is 10.0. The summed E-state index contributed by atoms with van der Waals surface area (Å²) in [6, 6.07) is 5.12. The summed E-state index contributed by atoms with van der Waals surface area (Å²) < 4.78 is 48.5. The second-order valence-electron chi connectivity index (χ2n) is 6.69. The Morgan fingerprint density at radius 2 is 1.97 bits per heavy atom. The Bertz CT molecular complexity index is 1340. The normalized spacial score (nSPS) is 13.2. The van der Waals surface area contributed by atoms with E-state index in [0.717, 1.165) is 12.1 Å². The Hall–Kier alpha value is -4.09. The predicted molar refractivity (Wildman–Crippen MR) is 114 cm³/mol. The standard InChI is InChI=1S/C19H13F3N6O3.C2H6/c20-19(21,22)31-10-1-2-13-16(5-10)30-4-3-27(13)18(29)11-6-14-12(7-25-11)26-17(23)15-8-24-9-28(14)15;1-2/h1-2,5-9H,3-4H2,(H2,23,26);1-2H3. The number of imidazole rings is 1. The summed E-state index contributed by atoms with van der Waals surface area (Å²) in [5.41, 5.74) is 8.01. The molecule has 172 valence electrons. The Morgan fingerprint density at radius 1 is 1.18 bits per heavy atom. The summed E-state index contributed by atoms with van der Waals surface area (Å²) >= 11 is 0. The third-order valence-electron chi connectivity index (χ3n) is 4.76. The molecule has 4 aromatic rings. The van der Waals surface area contributed by atoms with Crippen molar-refractivity contribution in [2.45, 2.75) is 20.2 Å². The Balaban J connectivity index is 0.00000126. The molecule has 33 heavy (non-hydrogen) atoms. The first-order chi connectivity index (χ1) is 15.8. The SMILES string of the molecule is CC.Nc1nc2cnc(C(=O)N3CCOc4cc(OC(F)(F)F)ccc43)cc2n2cncc12. The molecular weight excluding hydrogens is 441 g/mol. The van der Waals surface area contributed by atoms with Crippen LogP contribution in [0, 0.1) is 0 Å². The number of alkyl halides is 3. The minimum absolute atomic E-state index is 0.103. The highest BCUT2D eigenvalue weighted by Crippen LogP contribution is 2.37. The van der Waals surface area contributed by atoms with Crippen molar-refractivity contribution in [2.24, 2.45) is 0 Å². The van der Waals surface area contributed by atoms with Gasteiger partial charge in [-0.2, -0.15) is 0 Å². The second-order valence-corrected chi connectivity index (χ2v) is 6.69. The van der Waals surface area contributed by atoms with Crippen LogP contribution < -0.4 is 20.1 Å². The van der Waals surface area contributed by atoms with Crippen molar-refractivity contribution in [1.82, 2.24) is 19.4 Å². The molecular formula is C21H19F3N6O3. The predicted octanol–water partition coefficient (Wildman–Crippen LogP) is 3.82. The van der Waals surface area contributed by atoms with Gasteiger partial charge in [0.05, 0.1) is 36.5 Å². The van der Waals surface area contributed by atoms with Crippen LogP contribution >= 0.6 is 0 Å². The van der Waals surface area contributed by atoms with Crippen LogP contribution in [0.25, 0.3) is 16.6 Å². The van der Waals surface area contributed by atoms with Crippen LogP contribution in [-0.2, 0) is 0 Å². The van der Waals surface area contributed by atoms with Crippen LogP contribution in [0.3, 0.4) is 0 Å². The Labute approximate surface area is 185 Å². The maximum atomic E-state index is 13.2. The van der Waals surface area contributed by atoms with Crippen molar-refractivity contribution >= 4 is 34.0 Å². The van der Waals surface area contributed by atoms with E-state index in [1.165, 1.54) is 17.2 Å². The zero-order chi connectivity index (χ0) is 23.8. The zero-order valence-corrected chi connectivity index (χ0v) is 17.6. The summed E-state index contributed by atoms with van der Waals surface area (Å²) in [7, 11) is 0. The molecule has 2 N–H and O–H groups in total. The average molecular weight is 460 g/mol. The summed E-state index contributed by atoms with van der Waals surface area (Å²) in [6.07, 6.45) is -0.289. The fraction of sp³-hybridized carbons (Fsp3) is 0.238. The summed E-state index contributed by atoms with van der Waals surface area (Å²) in [5, 5.41) is 0. The number of fused-ring (bicyclic) bond motifs is 4. The molecule has 5 rings (SSSR count). The van der Waals surface area contributed by atoms with Gasteiger partial charge < -0.3 is 20.1 Å². The van der Waals surface area contributed by atoms with Gasteiger partial charge in [-0.15, -0.1) is 13.2 Å². The lowest BCUT2D eigenvalue weighted by atomic mass is 10.2. The summed E-state index contributed by atoms with van der Waals surface area (Å²) in [4.78, 5) is 27.1. The van der Waals surface area contributed by atoms with Gasteiger partial charge in [-0.05, 0) is 18.2 Å². The molecule has 0 bridgehead atoms. The van der Waals surface area contributed by atoms with E-state index in [0.29, 0.717) is 22.2 Å². The number of benzene rings is 1. The molecule has 0 spiro atoms. The number of nitrogen functional groups attached to an aromatic ring is 1. The van der Waals surface area contributed by atoms with Gasteiger partial charge in [0, 0.05) is 6.07 Å². The summed E-state index contributed by atoms with van der Waals surface area (Å²) in [6.45, 7) is 4.30. The fourth-order valence-electron chi connectivity index (χ4n) is 3.44. The number of hydrogen-bond donors (Lipinski definition) is 1. The molecule has 0 fully saturated rings. The third kappa shape index (κ3) is 4.19. The van der Waals surface area contributed by atoms with E-state index in [2.05, 4.69) is 19.7 Å². The molecule has 0 saturated heterocycles. The molecule has 1 aromatic carbocycles. The van der Waals surface area contributed by atoms with Gasteiger partial charge in [-0.25, -0.2) is 15.0 Å². The smallest absolute Gasteiger partial charge is 0.489 e. The van der Waals surface area contributed by atoms with Gasteiger partial charge >= 0.3 is 6.36 Å². The van der Waals surface area contributed by atoms with Crippen molar-refractivity contribution in [3.05, 3.63) is 48.7 Å². The van der Waals surface area contributed by atoms with Crippen molar-refractivity contribution in [1.29, 1.82) is 0 Å². The minimum atomic E-state index is -4.83. The maximum Gasteiger partial charge on any atom is 0.573 e. The number of aromatic nitrogens is 4. The Morgan fingerprint density at radius 3 is 2.73 bits per heavy atom. The van der Waals surface area contributed by atoms with E-state index < -0.39 is 18.0 Å². The quantitative estimate of drug-likeness (QED) is 0.484. The van der Waals surface area contributed by atoms with Gasteiger partial charge in [-0.1, -0.05) is 13.8 Å². The van der Waals surface area contributed by atoms with Gasteiger partial charge in [-0.3, -0.25) is 9.20 Å².